The van der Waals surface area contributed by atoms with Gasteiger partial charge in [0, 0.05) is 23.6 Å². The third-order valence-corrected chi connectivity index (χ3v) is 3.76. The summed E-state index contributed by atoms with van der Waals surface area (Å²) in [6, 6.07) is 10.5. The summed E-state index contributed by atoms with van der Waals surface area (Å²) in [5.41, 5.74) is 6.66. The Kier molecular flexibility index (Phi) is 3.49. The van der Waals surface area contributed by atoms with Crippen molar-refractivity contribution in [1.82, 2.24) is 4.98 Å². The first-order chi connectivity index (χ1) is 10.2. The predicted molar refractivity (Wildman–Crippen MR) is 85.0 cm³/mol. The maximum atomic E-state index is 9.32. The van der Waals surface area contributed by atoms with Crippen LogP contribution in [0.15, 0.2) is 24.3 Å². The number of pyridine rings is 1. The largest absolute Gasteiger partial charge is 0.385 e. The molecule has 0 fully saturated rings. The molecular formula is C17H18N4. The van der Waals surface area contributed by atoms with Crippen molar-refractivity contribution >= 4 is 17.1 Å². The second-order valence-electron chi connectivity index (χ2n) is 5.41. The van der Waals surface area contributed by atoms with Crippen LogP contribution in [0.1, 0.15) is 28.9 Å². The number of nitrogens with zero attached hydrogens (tertiary/aromatic N) is 2. The van der Waals surface area contributed by atoms with E-state index in [1.54, 1.807) is 0 Å². The van der Waals surface area contributed by atoms with Gasteiger partial charge in [-0.2, -0.15) is 5.26 Å². The summed E-state index contributed by atoms with van der Waals surface area (Å²) in [7, 11) is 0. The molecule has 2 N–H and O–H groups in total. The number of benzene rings is 1. The zero-order valence-electron chi connectivity index (χ0n) is 12.3. The Balaban J connectivity index is 1.96. The number of aryl methyl sites for hydroxylation is 3. The molecule has 4 heteroatoms. The molecule has 0 aliphatic carbocycles. The van der Waals surface area contributed by atoms with Crippen molar-refractivity contribution in [1.29, 1.82) is 5.26 Å². The van der Waals surface area contributed by atoms with Crippen LogP contribution in [0, 0.1) is 25.2 Å². The van der Waals surface area contributed by atoms with E-state index in [1.807, 2.05) is 26.0 Å². The molecule has 1 aromatic heterocycles. The first-order valence-electron chi connectivity index (χ1n) is 7.19. The Bertz CT molecular complexity index is 728. The lowest BCUT2D eigenvalue weighted by molar-refractivity contribution is 0.830. The molecule has 0 saturated heterocycles. The molecular weight excluding hydrogens is 260 g/mol. The number of hydrogen-bond donors (Lipinski definition) is 2. The molecule has 0 atom stereocenters. The first-order valence-corrected chi connectivity index (χ1v) is 7.19. The van der Waals surface area contributed by atoms with E-state index >= 15 is 0 Å². The van der Waals surface area contributed by atoms with Crippen LogP contribution in [0.4, 0.5) is 17.1 Å². The monoisotopic (exact) mass is 278 g/mol. The fraction of sp³-hybridized carbons (Fsp3) is 0.294. The van der Waals surface area contributed by atoms with Crippen molar-refractivity contribution in [2.24, 2.45) is 0 Å². The van der Waals surface area contributed by atoms with Gasteiger partial charge in [0.25, 0.3) is 0 Å². The number of nitriles is 1. The molecule has 1 aliphatic rings. The van der Waals surface area contributed by atoms with E-state index in [4.69, 9.17) is 0 Å². The molecule has 1 aromatic carbocycles. The number of anilines is 3. The Morgan fingerprint density at radius 1 is 1.29 bits per heavy atom. The molecule has 0 radical (unpaired) electrons. The fourth-order valence-corrected chi connectivity index (χ4v) is 2.78. The summed E-state index contributed by atoms with van der Waals surface area (Å²) in [5.74, 6) is 0. The molecule has 21 heavy (non-hydrogen) atoms. The summed E-state index contributed by atoms with van der Waals surface area (Å²) in [4.78, 5) is 4.34. The summed E-state index contributed by atoms with van der Waals surface area (Å²) in [6.45, 7) is 4.85. The van der Waals surface area contributed by atoms with Gasteiger partial charge in [0.15, 0.2) is 0 Å². The Morgan fingerprint density at radius 2 is 2.14 bits per heavy atom. The predicted octanol–water partition coefficient (Wildman–Crippen LogP) is 3.67. The lowest BCUT2D eigenvalue weighted by atomic mass is 10.0. The third kappa shape index (κ3) is 2.68. The van der Waals surface area contributed by atoms with Crippen LogP contribution in [-0.2, 0) is 6.42 Å². The lowest BCUT2D eigenvalue weighted by Gasteiger charge is -2.19. The molecule has 0 bridgehead atoms. The highest BCUT2D eigenvalue weighted by Crippen LogP contribution is 2.28. The fourth-order valence-electron chi connectivity index (χ4n) is 2.78. The second kappa shape index (κ2) is 5.45. The average Bonchev–Trinajstić information content (AvgIpc) is 2.47. The first kappa shape index (κ1) is 13.4. The van der Waals surface area contributed by atoms with Crippen molar-refractivity contribution in [3.63, 3.8) is 0 Å². The van der Waals surface area contributed by atoms with Crippen LogP contribution in [0.5, 0.6) is 0 Å². The molecule has 0 spiro atoms. The summed E-state index contributed by atoms with van der Waals surface area (Å²) >= 11 is 0. The molecule has 1 aliphatic heterocycles. The van der Waals surface area contributed by atoms with E-state index in [0.29, 0.717) is 5.56 Å². The van der Waals surface area contributed by atoms with Crippen LogP contribution < -0.4 is 10.6 Å². The van der Waals surface area contributed by atoms with Crippen molar-refractivity contribution < 1.29 is 0 Å². The number of aromatic nitrogens is 1. The van der Waals surface area contributed by atoms with Crippen molar-refractivity contribution in [3.05, 3.63) is 46.8 Å². The zero-order chi connectivity index (χ0) is 14.8. The van der Waals surface area contributed by atoms with Crippen LogP contribution >= 0.6 is 0 Å². The van der Waals surface area contributed by atoms with Gasteiger partial charge in [-0.05, 0) is 56.5 Å². The topological polar surface area (TPSA) is 60.7 Å². The van der Waals surface area contributed by atoms with E-state index in [-0.39, 0.29) is 0 Å². The maximum absolute atomic E-state index is 9.32. The van der Waals surface area contributed by atoms with Gasteiger partial charge in [-0.15, -0.1) is 0 Å². The SMILES string of the molecule is Cc1cc(Nc2ccc3c(c2)CCCN3)c(C#N)c(C)n1. The molecule has 106 valence electrons. The summed E-state index contributed by atoms with van der Waals surface area (Å²) in [6.07, 6.45) is 2.25. The van der Waals surface area contributed by atoms with Gasteiger partial charge >= 0.3 is 0 Å². The highest BCUT2D eigenvalue weighted by molar-refractivity contribution is 5.70. The summed E-state index contributed by atoms with van der Waals surface area (Å²) < 4.78 is 0. The van der Waals surface area contributed by atoms with Gasteiger partial charge < -0.3 is 10.6 Å². The number of hydrogen-bond acceptors (Lipinski definition) is 4. The quantitative estimate of drug-likeness (QED) is 0.880. The van der Waals surface area contributed by atoms with Crippen molar-refractivity contribution in [3.8, 4) is 6.07 Å². The minimum absolute atomic E-state index is 0.608. The number of fused-ring (bicyclic) bond motifs is 1. The maximum Gasteiger partial charge on any atom is 0.103 e. The zero-order valence-corrected chi connectivity index (χ0v) is 12.3. The van der Waals surface area contributed by atoms with Crippen LogP contribution in [0.2, 0.25) is 0 Å². The molecule has 0 unspecified atom stereocenters. The van der Waals surface area contributed by atoms with E-state index < -0.39 is 0 Å². The Morgan fingerprint density at radius 3 is 2.95 bits per heavy atom. The van der Waals surface area contributed by atoms with Crippen molar-refractivity contribution in [2.45, 2.75) is 26.7 Å². The Labute approximate surface area is 124 Å². The lowest BCUT2D eigenvalue weighted by Crippen LogP contribution is -2.11. The third-order valence-electron chi connectivity index (χ3n) is 3.76. The number of nitrogens with one attached hydrogen (secondary N) is 2. The standard InChI is InChI=1S/C17H18N4/c1-11-8-17(15(10-18)12(2)20-11)21-14-5-6-16-13(9-14)4-3-7-19-16/h5-6,8-9,19H,3-4,7H2,1-2H3,(H,20,21). The number of rotatable bonds is 2. The van der Waals surface area contributed by atoms with Crippen LogP contribution in [0.3, 0.4) is 0 Å². The molecule has 0 amide bonds. The molecule has 2 aromatic rings. The van der Waals surface area contributed by atoms with E-state index in [9.17, 15) is 5.26 Å². The van der Waals surface area contributed by atoms with Gasteiger partial charge in [-0.3, -0.25) is 4.98 Å². The van der Waals surface area contributed by atoms with E-state index in [2.05, 4.69) is 33.8 Å². The van der Waals surface area contributed by atoms with Gasteiger partial charge in [0.2, 0.25) is 0 Å². The van der Waals surface area contributed by atoms with E-state index in [1.165, 1.54) is 11.3 Å². The van der Waals surface area contributed by atoms with Crippen LogP contribution in [-0.4, -0.2) is 11.5 Å². The molecule has 2 heterocycles. The minimum atomic E-state index is 0.608. The van der Waals surface area contributed by atoms with Gasteiger partial charge in [-0.25, -0.2) is 0 Å². The van der Waals surface area contributed by atoms with E-state index in [0.717, 1.165) is 42.1 Å². The summed E-state index contributed by atoms with van der Waals surface area (Å²) in [5, 5.41) is 16.1. The normalized spacial score (nSPS) is 13.0. The van der Waals surface area contributed by atoms with Crippen molar-refractivity contribution in [2.75, 3.05) is 17.2 Å². The molecule has 3 rings (SSSR count). The Hall–Kier alpha value is -2.54. The minimum Gasteiger partial charge on any atom is -0.385 e. The van der Waals surface area contributed by atoms with Gasteiger partial charge in [-0.1, -0.05) is 0 Å². The highest BCUT2D eigenvalue weighted by atomic mass is 14.9. The van der Waals surface area contributed by atoms with Gasteiger partial charge in [0.1, 0.15) is 6.07 Å². The van der Waals surface area contributed by atoms with Gasteiger partial charge in [0.05, 0.1) is 16.9 Å². The highest BCUT2D eigenvalue weighted by Gasteiger charge is 2.11. The molecule has 0 saturated carbocycles. The smallest absolute Gasteiger partial charge is 0.103 e. The molecule has 4 nitrogen and oxygen atoms in total. The van der Waals surface area contributed by atoms with Crippen LogP contribution in [0.25, 0.3) is 0 Å². The average molecular weight is 278 g/mol. The second-order valence-corrected chi connectivity index (χ2v) is 5.41.